The van der Waals surface area contributed by atoms with Crippen LogP contribution in [0.25, 0.3) is 0 Å². The lowest BCUT2D eigenvalue weighted by atomic mass is 9.91. The van der Waals surface area contributed by atoms with Crippen LogP contribution in [-0.4, -0.2) is 5.01 Å². The molecule has 2 atom stereocenters. The van der Waals surface area contributed by atoms with Gasteiger partial charge in [-0.1, -0.05) is 25.1 Å². The number of para-hydroxylation sites is 1. The summed E-state index contributed by atoms with van der Waals surface area (Å²) < 4.78 is 5.68. The number of fused-ring (bicyclic) bond motifs is 1. The maximum absolute atomic E-state index is 5.68. The summed E-state index contributed by atoms with van der Waals surface area (Å²) in [5.41, 5.74) is 1.36. The topological polar surface area (TPSA) is 9.23 Å². The number of halogens is 1. The van der Waals surface area contributed by atoms with Gasteiger partial charge in [-0.25, -0.2) is 0 Å². The molecule has 0 amide bonds. The van der Waals surface area contributed by atoms with Gasteiger partial charge in [0.25, 0.3) is 0 Å². The first-order valence-electron chi connectivity index (χ1n) is 4.71. The Morgan fingerprint density at radius 1 is 1.46 bits per heavy atom. The Kier molecular flexibility index (Phi) is 2.58. The molecule has 0 aromatic heterocycles. The molecule has 1 heterocycles. The van der Waals surface area contributed by atoms with E-state index in [2.05, 4.69) is 35.0 Å². The normalized spacial score (nSPS) is 26.3. The highest BCUT2D eigenvalue weighted by molar-refractivity contribution is 9.09. The molecule has 1 nitrogen and oxygen atoms in total. The fourth-order valence-corrected chi connectivity index (χ4v) is 2.50. The van der Waals surface area contributed by atoms with E-state index in [1.165, 1.54) is 12.0 Å². The van der Waals surface area contributed by atoms with Crippen LogP contribution in [0.2, 0.25) is 0 Å². The zero-order valence-electron chi connectivity index (χ0n) is 7.66. The lowest BCUT2D eigenvalue weighted by molar-refractivity contribution is 0.240. The van der Waals surface area contributed by atoms with Crippen LogP contribution in [0.4, 0.5) is 0 Å². The molecule has 0 bridgehead atoms. The van der Waals surface area contributed by atoms with Crippen LogP contribution in [0.5, 0.6) is 5.75 Å². The van der Waals surface area contributed by atoms with Crippen molar-refractivity contribution >= 4 is 15.9 Å². The van der Waals surface area contributed by atoms with Gasteiger partial charge in [0.1, 0.15) is 5.75 Å². The summed E-state index contributed by atoms with van der Waals surface area (Å²) >= 11 is 3.52. The van der Waals surface area contributed by atoms with Crippen molar-refractivity contribution in [3.8, 4) is 5.75 Å². The Morgan fingerprint density at radius 2 is 2.23 bits per heavy atom. The minimum atomic E-state index is 0.187. The Hall–Kier alpha value is -0.500. The van der Waals surface area contributed by atoms with Gasteiger partial charge in [0.15, 0.2) is 5.01 Å². The minimum absolute atomic E-state index is 0.187. The number of alkyl halides is 1. The molecular weight excluding hydrogens is 228 g/mol. The Bertz CT molecular complexity index is 298. The molecule has 0 saturated carbocycles. The van der Waals surface area contributed by atoms with Gasteiger partial charge in [0.2, 0.25) is 0 Å². The highest BCUT2D eigenvalue weighted by Gasteiger charge is 2.24. The summed E-state index contributed by atoms with van der Waals surface area (Å²) in [5.74, 6) is 1.69. The molecule has 1 aliphatic heterocycles. The van der Waals surface area contributed by atoms with Gasteiger partial charge in [-0.3, -0.25) is 0 Å². The van der Waals surface area contributed by atoms with E-state index in [9.17, 15) is 0 Å². The number of benzene rings is 1. The van der Waals surface area contributed by atoms with E-state index in [0.29, 0.717) is 5.92 Å². The zero-order valence-corrected chi connectivity index (χ0v) is 9.25. The van der Waals surface area contributed by atoms with Crippen LogP contribution in [0.15, 0.2) is 24.3 Å². The summed E-state index contributed by atoms with van der Waals surface area (Å²) in [6.07, 6.45) is 2.26. The fraction of sp³-hybridized carbons (Fsp3) is 0.455. The monoisotopic (exact) mass is 240 g/mol. The minimum Gasteiger partial charge on any atom is -0.479 e. The average Bonchev–Trinajstić information content (AvgIpc) is 2.16. The van der Waals surface area contributed by atoms with Crippen molar-refractivity contribution in [3.05, 3.63) is 29.8 Å². The van der Waals surface area contributed by atoms with Gasteiger partial charge in [0, 0.05) is 6.42 Å². The number of hydrogen-bond acceptors (Lipinski definition) is 1. The first-order valence-corrected chi connectivity index (χ1v) is 5.62. The molecule has 2 heteroatoms. The van der Waals surface area contributed by atoms with Gasteiger partial charge >= 0.3 is 0 Å². The Labute approximate surface area is 87.2 Å². The molecule has 2 rings (SSSR count). The highest BCUT2D eigenvalue weighted by atomic mass is 79.9. The van der Waals surface area contributed by atoms with E-state index in [0.717, 1.165) is 12.2 Å². The summed E-state index contributed by atoms with van der Waals surface area (Å²) in [6, 6.07) is 8.32. The van der Waals surface area contributed by atoms with Crippen molar-refractivity contribution < 1.29 is 4.74 Å². The van der Waals surface area contributed by atoms with Crippen molar-refractivity contribution in [1.82, 2.24) is 0 Å². The third kappa shape index (κ3) is 1.73. The fourth-order valence-electron chi connectivity index (χ4n) is 1.85. The maximum atomic E-state index is 5.68. The standard InChI is InChI=1S/C11H13BrO/c1-2-8-7-11(12)13-10-6-4-3-5-9(8)10/h3-6,8,11H,2,7H2,1H3. The number of ether oxygens (including phenoxy) is 1. The van der Waals surface area contributed by atoms with Crippen LogP contribution in [0.3, 0.4) is 0 Å². The average molecular weight is 241 g/mol. The Balaban J connectivity index is 2.37. The van der Waals surface area contributed by atoms with Gasteiger partial charge in [-0.15, -0.1) is 0 Å². The third-order valence-electron chi connectivity index (χ3n) is 2.58. The molecule has 70 valence electrons. The van der Waals surface area contributed by atoms with Crippen LogP contribution in [0.1, 0.15) is 31.2 Å². The maximum Gasteiger partial charge on any atom is 0.153 e. The van der Waals surface area contributed by atoms with Crippen molar-refractivity contribution in [3.63, 3.8) is 0 Å². The SMILES string of the molecule is CCC1CC(Br)Oc2ccccc21. The smallest absolute Gasteiger partial charge is 0.153 e. The zero-order chi connectivity index (χ0) is 9.26. The predicted molar refractivity (Wildman–Crippen MR) is 57.4 cm³/mol. The molecule has 2 unspecified atom stereocenters. The van der Waals surface area contributed by atoms with Gasteiger partial charge in [0.05, 0.1) is 0 Å². The van der Waals surface area contributed by atoms with E-state index < -0.39 is 0 Å². The van der Waals surface area contributed by atoms with Gasteiger partial charge < -0.3 is 4.74 Å². The van der Waals surface area contributed by atoms with Crippen LogP contribution < -0.4 is 4.74 Å². The third-order valence-corrected chi connectivity index (χ3v) is 3.14. The first-order chi connectivity index (χ1) is 6.31. The molecule has 0 aliphatic carbocycles. The molecule has 13 heavy (non-hydrogen) atoms. The molecule has 0 fully saturated rings. The summed E-state index contributed by atoms with van der Waals surface area (Å²) in [7, 11) is 0. The largest absolute Gasteiger partial charge is 0.479 e. The molecule has 0 N–H and O–H groups in total. The van der Waals surface area contributed by atoms with Crippen LogP contribution in [0, 0.1) is 0 Å². The van der Waals surface area contributed by atoms with E-state index >= 15 is 0 Å². The van der Waals surface area contributed by atoms with Crippen molar-refractivity contribution in [1.29, 1.82) is 0 Å². The van der Waals surface area contributed by atoms with Crippen molar-refractivity contribution in [2.45, 2.75) is 30.7 Å². The molecule has 0 radical (unpaired) electrons. The lowest BCUT2D eigenvalue weighted by Crippen LogP contribution is -2.19. The summed E-state index contributed by atoms with van der Waals surface area (Å²) in [4.78, 5) is 0. The number of hydrogen-bond donors (Lipinski definition) is 0. The second-order valence-electron chi connectivity index (χ2n) is 3.41. The number of rotatable bonds is 1. The quantitative estimate of drug-likeness (QED) is 0.681. The predicted octanol–water partition coefficient (Wildman–Crippen LogP) is 3.68. The van der Waals surface area contributed by atoms with Gasteiger partial charge in [-0.2, -0.15) is 0 Å². The van der Waals surface area contributed by atoms with Crippen LogP contribution >= 0.6 is 15.9 Å². The Morgan fingerprint density at radius 3 is 3.00 bits per heavy atom. The van der Waals surface area contributed by atoms with E-state index in [1.54, 1.807) is 0 Å². The van der Waals surface area contributed by atoms with E-state index in [-0.39, 0.29) is 5.01 Å². The van der Waals surface area contributed by atoms with E-state index in [1.807, 2.05) is 12.1 Å². The van der Waals surface area contributed by atoms with Gasteiger partial charge in [-0.05, 0) is 39.9 Å². The van der Waals surface area contributed by atoms with E-state index in [4.69, 9.17) is 4.74 Å². The first kappa shape index (κ1) is 9.07. The molecule has 0 spiro atoms. The molecule has 1 aromatic carbocycles. The summed E-state index contributed by atoms with van der Waals surface area (Å²) in [5, 5.41) is 0.187. The second-order valence-corrected chi connectivity index (χ2v) is 4.43. The second kappa shape index (κ2) is 3.70. The lowest BCUT2D eigenvalue weighted by Gasteiger charge is -2.28. The molecule has 0 saturated heterocycles. The molecule has 1 aliphatic rings. The van der Waals surface area contributed by atoms with Crippen LogP contribution in [-0.2, 0) is 0 Å². The summed E-state index contributed by atoms with van der Waals surface area (Å²) in [6.45, 7) is 2.23. The molecule has 1 aromatic rings. The highest BCUT2D eigenvalue weighted by Crippen LogP contribution is 2.39. The van der Waals surface area contributed by atoms with Crippen molar-refractivity contribution in [2.75, 3.05) is 0 Å². The van der Waals surface area contributed by atoms with Crippen molar-refractivity contribution in [2.24, 2.45) is 0 Å². The molecular formula is C11H13BrO.